The third-order valence-electron chi connectivity index (χ3n) is 4.37. The van der Waals surface area contributed by atoms with E-state index >= 15 is 0 Å². The highest BCUT2D eigenvalue weighted by atomic mass is 79.9. The fraction of sp³-hybridized carbons (Fsp3) is 0.529. The molecular formula is C17H22BrNO3. The van der Waals surface area contributed by atoms with Crippen molar-refractivity contribution in [1.29, 1.82) is 0 Å². The molecule has 1 aliphatic rings. The number of unbranched alkanes of at least 4 members (excludes halogenated alkanes) is 1. The molecule has 0 bridgehead atoms. The maximum atomic E-state index is 12.7. The van der Waals surface area contributed by atoms with Crippen molar-refractivity contribution in [2.75, 3.05) is 6.54 Å². The quantitative estimate of drug-likeness (QED) is 0.723. The summed E-state index contributed by atoms with van der Waals surface area (Å²) in [6.45, 7) is 0.544. The number of carboxylic acids is 1. The molecule has 120 valence electrons. The lowest BCUT2D eigenvalue weighted by Gasteiger charge is -2.28. The Morgan fingerprint density at radius 1 is 1.23 bits per heavy atom. The van der Waals surface area contributed by atoms with Crippen LogP contribution in [0.5, 0.6) is 0 Å². The zero-order valence-corrected chi connectivity index (χ0v) is 14.2. The van der Waals surface area contributed by atoms with Gasteiger partial charge in [-0.15, -0.1) is 0 Å². The molecule has 0 saturated heterocycles. The molecule has 1 amide bonds. The highest BCUT2D eigenvalue weighted by Crippen LogP contribution is 2.42. The zero-order valence-electron chi connectivity index (χ0n) is 12.6. The van der Waals surface area contributed by atoms with E-state index in [1.807, 2.05) is 24.3 Å². The smallest absolute Gasteiger partial charge is 0.303 e. The van der Waals surface area contributed by atoms with Gasteiger partial charge in [-0.2, -0.15) is 0 Å². The monoisotopic (exact) mass is 367 g/mol. The number of carbonyl (C=O) groups is 2. The molecule has 0 aliphatic heterocycles. The number of benzene rings is 1. The van der Waals surface area contributed by atoms with Gasteiger partial charge in [0.1, 0.15) is 0 Å². The molecule has 1 aromatic rings. The number of rotatable bonds is 7. The minimum Gasteiger partial charge on any atom is -0.481 e. The standard InChI is InChI=1S/C17H22BrNO3/c18-14-7-5-6-13(12-14)17(9-2-3-10-17)16(22)19-11-4-1-8-15(20)21/h5-7,12H,1-4,8-11H2,(H,19,22)(H,20,21). The second kappa shape index (κ2) is 7.77. The van der Waals surface area contributed by atoms with Gasteiger partial charge in [0.25, 0.3) is 0 Å². The van der Waals surface area contributed by atoms with Crippen LogP contribution in [0.1, 0.15) is 50.5 Å². The average Bonchev–Trinajstić information content (AvgIpc) is 2.97. The van der Waals surface area contributed by atoms with Gasteiger partial charge in [-0.3, -0.25) is 9.59 Å². The Hall–Kier alpha value is -1.36. The van der Waals surface area contributed by atoms with Crippen LogP contribution in [0.25, 0.3) is 0 Å². The van der Waals surface area contributed by atoms with Crippen LogP contribution in [0, 0.1) is 0 Å². The summed E-state index contributed by atoms with van der Waals surface area (Å²) in [4.78, 5) is 23.2. The minimum absolute atomic E-state index is 0.0819. The lowest BCUT2D eigenvalue weighted by molar-refractivity contribution is -0.137. The van der Waals surface area contributed by atoms with Crippen molar-refractivity contribution in [1.82, 2.24) is 5.32 Å². The van der Waals surface area contributed by atoms with E-state index in [1.54, 1.807) is 0 Å². The van der Waals surface area contributed by atoms with Crippen molar-refractivity contribution >= 4 is 27.8 Å². The first kappa shape index (κ1) is 17.0. The first-order valence-electron chi connectivity index (χ1n) is 7.81. The molecule has 2 N–H and O–H groups in total. The van der Waals surface area contributed by atoms with Gasteiger partial charge in [-0.1, -0.05) is 40.9 Å². The van der Waals surface area contributed by atoms with Gasteiger partial charge in [0.2, 0.25) is 5.91 Å². The molecule has 0 aromatic heterocycles. The molecule has 22 heavy (non-hydrogen) atoms. The van der Waals surface area contributed by atoms with E-state index in [9.17, 15) is 9.59 Å². The molecule has 0 unspecified atom stereocenters. The van der Waals surface area contributed by atoms with Gasteiger partial charge < -0.3 is 10.4 Å². The Bertz CT molecular complexity index is 538. The summed E-state index contributed by atoms with van der Waals surface area (Å²) in [7, 11) is 0. The van der Waals surface area contributed by atoms with E-state index in [2.05, 4.69) is 21.2 Å². The third-order valence-corrected chi connectivity index (χ3v) is 4.87. The molecule has 2 rings (SSSR count). The van der Waals surface area contributed by atoms with Crippen molar-refractivity contribution in [2.24, 2.45) is 0 Å². The predicted octanol–water partition coefficient (Wildman–Crippen LogP) is 3.63. The maximum Gasteiger partial charge on any atom is 0.303 e. The number of halogens is 1. The number of aliphatic carboxylic acids is 1. The van der Waals surface area contributed by atoms with Gasteiger partial charge in [0.05, 0.1) is 5.41 Å². The van der Waals surface area contributed by atoms with Crippen LogP contribution in [-0.2, 0) is 15.0 Å². The SMILES string of the molecule is O=C(O)CCCCNC(=O)C1(c2cccc(Br)c2)CCCC1. The Labute approximate surface area is 139 Å². The number of amides is 1. The van der Waals surface area contributed by atoms with Crippen LogP contribution >= 0.6 is 15.9 Å². The molecular weight excluding hydrogens is 346 g/mol. The predicted molar refractivity (Wildman–Crippen MR) is 88.8 cm³/mol. The van der Waals surface area contributed by atoms with Crippen LogP contribution in [-0.4, -0.2) is 23.5 Å². The van der Waals surface area contributed by atoms with Crippen molar-refractivity contribution in [2.45, 2.75) is 50.4 Å². The van der Waals surface area contributed by atoms with Crippen LogP contribution in [0.3, 0.4) is 0 Å². The molecule has 1 aromatic carbocycles. The summed E-state index contributed by atoms with van der Waals surface area (Å²) >= 11 is 3.48. The molecule has 0 spiro atoms. The molecule has 0 atom stereocenters. The lowest BCUT2D eigenvalue weighted by atomic mass is 9.78. The zero-order chi connectivity index (χ0) is 16.0. The number of hydrogen-bond donors (Lipinski definition) is 2. The largest absolute Gasteiger partial charge is 0.481 e. The summed E-state index contributed by atoms with van der Waals surface area (Å²) in [6.07, 6.45) is 5.35. The van der Waals surface area contributed by atoms with Crippen LogP contribution in [0.15, 0.2) is 28.7 Å². The van der Waals surface area contributed by atoms with Gasteiger partial charge >= 0.3 is 5.97 Å². The number of carboxylic acid groups (broad SMARTS) is 1. The fourth-order valence-corrected chi connectivity index (χ4v) is 3.58. The Kier molecular flexibility index (Phi) is 6.00. The number of nitrogens with one attached hydrogen (secondary N) is 1. The van der Waals surface area contributed by atoms with Crippen LogP contribution in [0.4, 0.5) is 0 Å². The molecule has 1 saturated carbocycles. The summed E-state index contributed by atoms with van der Waals surface area (Å²) in [5.41, 5.74) is 0.652. The first-order valence-corrected chi connectivity index (χ1v) is 8.60. The minimum atomic E-state index is -0.785. The van der Waals surface area contributed by atoms with Gasteiger partial charge in [0.15, 0.2) is 0 Å². The maximum absolute atomic E-state index is 12.7. The molecule has 1 aliphatic carbocycles. The number of hydrogen-bond acceptors (Lipinski definition) is 2. The fourth-order valence-electron chi connectivity index (χ4n) is 3.18. The van der Waals surface area contributed by atoms with Crippen molar-refractivity contribution < 1.29 is 14.7 Å². The molecule has 0 heterocycles. The number of carbonyl (C=O) groups excluding carboxylic acids is 1. The topological polar surface area (TPSA) is 66.4 Å². The van der Waals surface area contributed by atoms with E-state index < -0.39 is 11.4 Å². The Balaban J connectivity index is 1.98. The van der Waals surface area contributed by atoms with Gasteiger partial charge in [-0.25, -0.2) is 0 Å². The first-order chi connectivity index (χ1) is 10.5. The normalized spacial score (nSPS) is 16.4. The van der Waals surface area contributed by atoms with E-state index in [-0.39, 0.29) is 12.3 Å². The van der Waals surface area contributed by atoms with Crippen LogP contribution < -0.4 is 5.32 Å². The van der Waals surface area contributed by atoms with Gasteiger partial charge in [-0.05, 0) is 43.4 Å². The molecule has 0 radical (unpaired) electrons. The second-order valence-corrected chi connectivity index (χ2v) is 6.82. The van der Waals surface area contributed by atoms with Crippen LogP contribution in [0.2, 0.25) is 0 Å². The van der Waals surface area contributed by atoms with Crippen molar-refractivity contribution in [3.05, 3.63) is 34.3 Å². The molecule has 5 heteroatoms. The summed E-state index contributed by atoms with van der Waals surface area (Å²) < 4.78 is 0.991. The van der Waals surface area contributed by atoms with Crippen molar-refractivity contribution in [3.63, 3.8) is 0 Å². The summed E-state index contributed by atoms with van der Waals surface area (Å²) in [6, 6.07) is 8.00. The van der Waals surface area contributed by atoms with E-state index in [1.165, 1.54) is 0 Å². The molecule has 4 nitrogen and oxygen atoms in total. The highest BCUT2D eigenvalue weighted by Gasteiger charge is 2.42. The third kappa shape index (κ3) is 4.09. The average molecular weight is 368 g/mol. The highest BCUT2D eigenvalue weighted by molar-refractivity contribution is 9.10. The van der Waals surface area contributed by atoms with E-state index in [4.69, 9.17) is 5.11 Å². The summed E-state index contributed by atoms with van der Waals surface area (Å²) in [5, 5.41) is 11.6. The van der Waals surface area contributed by atoms with E-state index in [0.717, 1.165) is 35.7 Å². The second-order valence-electron chi connectivity index (χ2n) is 5.91. The summed E-state index contributed by atoms with van der Waals surface area (Å²) in [5.74, 6) is -0.703. The van der Waals surface area contributed by atoms with Gasteiger partial charge in [0, 0.05) is 17.4 Å². The Morgan fingerprint density at radius 2 is 1.95 bits per heavy atom. The molecule has 1 fully saturated rings. The lowest BCUT2D eigenvalue weighted by Crippen LogP contribution is -2.43. The van der Waals surface area contributed by atoms with Crippen molar-refractivity contribution in [3.8, 4) is 0 Å². The van der Waals surface area contributed by atoms with E-state index in [0.29, 0.717) is 19.4 Å². The Morgan fingerprint density at radius 3 is 2.59 bits per heavy atom.